The highest BCUT2D eigenvalue weighted by Gasteiger charge is 2.31. The van der Waals surface area contributed by atoms with Gasteiger partial charge in [-0.3, -0.25) is 4.79 Å². The molecule has 0 saturated carbocycles. The molecule has 21 heavy (non-hydrogen) atoms. The quantitative estimate of drug-likeness (QED) is 0.855. The lowest BCUT2D eigenvalue weighted by Crippen LogP contribution is -2.50. The van der Waals surface area contributed by atoms with E-state index in [-0.39, 0.29) is 30.7 Å². The van der Waals surface area contributed by atoms with E-state index in [4.69, 9.17) is 0 Å². The summed E-state index contributed by atoms with van der Waals surface area (Å²) in [5, 5.41) is 3.31. The molecule has 0 radical (unpaired) electrons. The molecule has 2 saturated heterocycles. The SMILES string of the molecule is CNC1CCCN(C(=O)C2CCN(C(C)C)CC2)C1.Cl.Cl. The van der Waals surface area contributed by atoms with Crippen molar-refractivity contribution in [3.05, 3.63) is 0 Å². The summed E-state index contributed by atoms with van der Waals surface area (Å²) in [6, 6.07) is 1.10. The van der Waals surface area contributed by atoms with Crippen LogP contribution in [0.5, 0.6) is 0 Å². The first-order chi connectivity index (χ1) is 9.11. The van der Waals surface area contributed by atoms with Crippen molar-refractivity contribution in [1.29, 1.82) is 0 Å². The molecule has 2 aliphatic heterocycles. The van der Waals surface area contributed by atoms with Crippen LogP contribution in [-0.2, 0) is 4.79 Å². The number of carbonyl (C=O) groups excluding carboxylic acids is 1. The second-order valence-electron chi connectivity index (χ2n) is 6.32. The van der Waals surface area contributed by atoms with Crippen LogP contribution in [0.1, 0.15) is 39.5 Å². The summed E-state index contributed by atoms with van der Waals surface area (Å²) in [7, 11) is 2.00. The van der Waals surface area contributed by atoms with E-state index in [0.717, 1.165) is 45.4 Å². The molecule has 2 heterocycles. The largest absolute Gasteiger partial charge is 0.341 e. The number of amides is 1. The minimum absolute atomic E-state index is 0. The second-order valence-corrected chi connectivity index (χ2v) is 6.32. The van der Waals surface area contributed by atoms with Gasteiger partial charge in [-0.05, 0) is 59.7 Å². The normalized spacial score (nSPS) is 24.4. The number of nitrogens with one attached hydrogen (secondary N) is 1. The third kappa shape index (κ3) is 5.59. The molecule has 0 aromatic heterocycles. The van der Waals surface area contributed by atoms with Crippen molar-refractivity contribution in [2.45, 2.75) is 51.6 Å². The summed E-state index contributed by atoms with van der Waals surface area (Å²) in [6.07, 6.45) is 4.42. The average molecular weight is 340 g/mol. The van der Waals surface area contributed by atoms with E-state index in [0.29, 0.717) is 18.0 Å². The van der Waals surface area contributed by atoms with Crippen molar-refractivity contribution in [2.75, 3.05) is 33.2 Å². The van der Waals surface area contributed by atoms with E-state index in [1.54, 1.807) is 0 Å². The number of nitrogens with zero attached hydrogens (tertiary/aromatic N) is 2. The fourth-order valence-corrected chi connectivity index (χ4v) is 3.33. The van der Waals surface area contributed by atoms with Gasteiger partial charge in [0, 0.05) is 31.1 Å². The van der Waals surface area contributed by atoms with Gasteiger partial charge in [0.15, 0.2) is 0 Å². The minimum atomic E-state index is 0. The molecule has 2 rings (SSSR count). The Balaban J connectivity index is 0.00000200. The van der Waals surface area contributed by atoms with E-state index in [1.807, 2.05) is 7.05 Å². The smallest absolute Gasteiger partial charge is 0.225 e. The molecule has 0 bridgehead atoms. The van der Waals surface area contributed by atoms with Gasteiger partial charge in [-0.1, -0.05) is 0 Å². The molecule has 0 aromatic carbocycles. The van der Waals surface area contributed by atoms with Gasteiger partial charge in [-0.15, -0.1) is 24.8 Å². The van der Waals surface area contributed by atoms with Crippen molar-refractivity contribution in [3.8, 4) is 0 Å². The van der Waals surface area contributed by atoms with Gasteiger partial charge < -0.3 is 15.1 Å². The molecule has 0 aliphatic carbocycles. The van der Waals surface area contributed by atoms with Crippen molar-refractivity contribution in [3.63, 3.8) is 0 Å². The van der Waals surface area contributed by atoms with E-state index < -0.39 is 0 Å². The second kappa shape index (κ2) is 9.88. The van der Waals surface area contributed by atoms with Gasteiger partial charge in [-0.25, -0.2) is 0 Å². The van der Waals surface area contributed by atoms with Crippen LogP contribution in [0.15, 0.2) is 0 Å². The van der Waals surface area contributed by atoms with E-state index in [1.165, 1.54) is 6.42 Å². The van der Waals surface area contributed by atoms with Gasteiger partial charge in [0.25, 0.3) is 0 Å². The maximum Gasteiger partial charge on any atom is 0.225 e. The molecular formula is C15H31Cl2N3O. The summed E-state index contributed by atoms with van der Waals surface area (Å²) in [6.45, 7) is 8.50. The van der Waals surface area contributed by atoms with Crippen LogP contribution >= 0.6 is 24.8 Å². The van der Waals surface area contributed by atoms with Crippen LogP contribution in [0, 0.1) is 5.92 Å². The van der Waals surface area contributed by atoms with Gasteiger partial charge in [0.05, 0.1) is 0 Å². The summed E-state index contributed by atoms with van der Waals surface area (Å²) in [5.74, 6) is 0.675. The first-order valence-corrected chi connectivity index (χ1v) is 7.82. The van der Waals surface area contributed by atoms with Crippen molar-refractivity contribution in [1.82, 2.24) is 15.1 Å². The standard InChI is InChI=1S/C15H29N3O.2ClH/c1-12(2)17-9-6-13(7-10-17)15(19)18-8-4-5-14(11-18)16-3;;/h12-14,16H,4-11H2,1-3H3;2*1H. The van der Waals surface area contributed by atoms with Crippen LogP contribution in [-0.4, -0.2) is 61.0 Å². The zero-order valence-corrected chi connectivity index (χ0v) is 15.1. The maximum absolute atomic E-state index is 12.6. The predicted molar refractivity (Wildman–Crippen MR) is 92.6 cm³/mol. The monoisotopic (exact) mass is 339 g/mol. The van der Waals surface area contributed by atoms with E-state index in [9.17, 15) is 4.79 Å². The number of hydrogen-bond acceptors (Lipinski definition) is 3. The number of likely N-dealkylation sites (N-methyl/N-ethyl adjacent to an activating group) is 1. The lowest BCUT2D eigenvalue weighted by Gasteiger charge is -2.38. The molecule has 2 aliphatic rings. The molecule has 0 aromatic rings. The summed E-state index contributed by atoms with van der Waals surface area (Å²) in [4.78, 5) is 17.2. The Morgan fingerprint density at radius 2 is 1.71 bits per heavy atom. The molecule has 2 fully saturated rings. The summed E-state index contributed by atoms with van der Waals surface area (Å²) in [5.41, 5.74) is 0. The Morgan fingerprint density at radius 1 is 1.10 bits per heavy atom. The fourth-order valence-electron chi connectivity index (χ4n) is 3.33. The number of rotatable bonds is 3. The molecule has 1 unspecified atom stereocenters. The Hall–Kier alpha value is -0.0300. The van der Waals surface area contributed by atoms with Crippen LogP contribution in [0.4, 0.5) is 0 Å². The minimum Gasteiger partial charge on any atom is -0.341 e. The Kier molecular flexibility index (Phi) is 9.87. The zero-order chi connectivity index (χ0) is 13.8. The highest BCUT2D eigenvalue weighted by molar-refractivity contribution is 5.85. The third-order valence-corrected chi connectivity index (χ3v) is 4.75. The van der Waals surface area contributed by atoms with Crippen LogP contribution < -0.4 is 5.32 Å². The number of piperidine rings is 2. The lowest BCUT2D eigenvalue weighted by atomic mass is 9.93. The molecule has 0 spiro atoms. The summed E-state index contributed by atoms with van der Waals surface area (Å²) >= 11 is 0. The van der Waals surface area contributed by atoms with Gasteiger partial charge in [0.1, 0.15) is 0 Å². The molecule has 126 valence electrons. The van der Waals surface area contributed by atoms with Gasteiger partial charge in [-0.2, -0.15) is 0 Å². The third-order valence-electron chi connectivity index (χ3n) is 4.75. The Bertz CT molecular complexity index is 307. The Morgan fingerprint density at radius 3 is 2.24 bits per heavy atom. The van der Waals surface area contributed by atoms with Crippen molar-refractivity contribution < 1.29 is 4.79 Å². The van der Waals surface area contributed by atoms with E-state index >= 15 is 0 Å². The first-order valence-electron chi connectivity index (χ1n) is 7.82. The number of halogens is 2. The highest BCUT2D eigenvalue weighted by atomic mass is 35.5. The molecular weight excluding hydrogens is 309 g/mol. The first kappa shape index (κ1) is 21.0. The number of carbonyl (C=O) groups is 1. The van der Waals surface area contributed by atoms with Crippen molar-refractivity contribution >= 4 is 30.7 Å². The molecule has 1 N–H and O–H groups in total. The lowest BCUT2D eigenvalue weighted by molar-refractivity contribution is -0.138. The summed E-state index contributed by atoms with van der Waals surface area (Å²) < 4.78 is 0. The van der Waals surface area contributed by atoms with Crippen molar-refractivity contribution in [2.24, 2.45) is 5.92 Å². The molecule has 6 heteroatoms. The van der Waals surface area contributed by atoms with Gasteiger partial charge >= 0.3 is 0 Å². The fraction of sp³-hybridized carbons (Fsp3) is 0.933. The molecule has 1 atom stereocenters. The topological polar surface area (TPSA) is 35.6 Å². The van der Waals surface area contributed by atoms with Crippen LogP contribution in [0.3, 0.4) is 0 Å². The molecule has 1 amide bonds. The van der Waals surface area contributed by atoms with Crippen LogP contribution in [0.2, 0.25) is 0 Å². The van der Waals surface area contributed by atoms with E-state index in [2.05, 4.69) is 29.0 Å². The number of hydrogen-bond donors (Lipinski definition) is 1. The maximum atomic E-state index is 12.6. The van der Waals surface area contributed by atoms with Gasteiger partial charge in [0.2, 0.25) is 5.91 Å². The van der Waals surface area contributed by atoms with Crippen LogP contribution in [0.25, 0.3) is 0 Å². The zero-order valence-electron chi connectivity index (χ0n) is 13.5. The number of likely N-dealkylation sites (tertiary alicyclic amines) is 2. The average Bonchev–Trinajstić information content (AvgIpc) is 2.46. The predicted octanol–water partition coefficient (Wildman–Crippen LogP) is 2.16. The highest BCUT2D eigenvalue weighted by Crippen LogP contribution is 2.22. The molecule has 4 nitrogen and oxygen atoms in total. The Labute approximate surface area is 141 Å².